The van der Waals surface area contributed by atoms with Gasteiger partial charge in [0.05, 0.1) is 10.9 Å². The number of hydrogen-bond donors (Lipinski definition) is 2. The lowest BCUT2D eigenvalue weighted by molar-refractivity contribution is -0.116. The molecule has 2 aromatic carbocycles. The summed E-state index contributed by atoms with van der Waals surface area (Å²) in [6.45, 7) is 0.166. The summed E-state index contributed by atoms with van der Waals surface area (Å²) < 4.78 is 1.40. The Bertz CT molecular complexity index is 1240. The number of amides is 1. The minimum Gasteiger partial charge on any atom is -0.326 e. The van der Waals surface area contributed by atoms with Crippen LogP contribution in [0.4, 0.5) is 5.69 Å². The number of nitrogens with zero attached hydrogens (tertiary/aromatic N) is 2. The van der Waals surface area contributed by atoms with E-state index in [0.29, 0.717) is 16.6 Å². The normalized spacial score (nSPS) is 10.9. The van der Waals surface area contributed by atoms with Crippen molar-refractivity contribution in [3.8, 4) is 10.6 Å². The number of benzene rings is 2. The summed E-state index contributed by atoms with van der Waals surface area (Å²) in [6, 6.07) is 14.3. The van der Waals surface area contributed by atoms with Gasteiger partial charge in [0.25, 0.3) is 5.56 Å². The fourth-order valence-corrected chi connectivity index (χ4v) is 3.61. The Hall–Kier alpha value is -3.52. The monoisotopic (exact) mass is 392 g/mol. The fourth-order valence-electron chi connectivity index (χ4n) is 2.96. The Kier molecular flexibility index (Phi) is 4.86. The van der Waals surface area contributed by atoms with Crippen LogP contribution in [0.3, 0.4) is 0 Å². The van der Waals surface area contributed by atoms with Crippen LogP contribution in [0.1, 0.15) is 6.42 Å². The molecule has 7 nitrogen and oxygen atoms in total. The number of fused-ring (bicyclic) bond motifs is 1. The molecule has 140 valence electrons. The van der Waals surface area contributed by atoms with Gasteiger partial charge in [0.1, 0.15) is 5.01 Å². The molecule has 28 heavy (non-hydrogen) atoms. The molecular weight excluding hydrogens is 376 g/mol. The van der Waals surface area contributed by atoms with Crippen LogP contribution >= 0.6 is 11.3 Å². The Morgan fingerprint density at radius 1 is 1.11 bits per heavy atom. The van der Waals surface area contributed by atoms with E-state index in [1.165, 1.54) is 4.57 Å². The van der Waals surface area contributed by atoms with E-state index >= 15 is 0 Å². The molecule has 0 saturated carbocycles. The third kappa shape index (κ3) is 3.63. The van der Waals surface area contributed by atoms with Crippen LogP contribution in [0.5, 0.6) is 0 Å². The van der Waals surface area contributed by atoms with E-state index in [1.54, 1.807) is 41.8 Å². The zero-order chi connectivity index (χ0) is 19.5. The first-order chi connectivity index (χ1) is 13.6. The zero-order valence-corrected chi connectivity index (χ0v) is 15.5. The largest absolute Gasteiger partial charge is 0.328 e. The van der Waals surface area contributed by atoms with Gasteiger partial charge in [-0.1, -0.05) is 12.1 Å². The Balaban J connectivity index is 1.46. The molecule has 0 saturated heterocycles. The quantitative estimate of drug-likeness (QED) is 0.546. The third-order valence-corrected chi connectivity index (χ3v) is 5.14. The summed E-state index contributed by atoms with van der Waals surface area (Å²) in [4.78, 5) is 42.9. The molecule has 1 amide bonds. The highest BCUT2D eigenvalue weighted by atomic mass is 32.1. The zero-order valence-electron chi connectivity index (χ0n) is 14.7. The first-order valence-corrected chi connectivity index (χ1v) is 9.51. The number of H-pyrrole nitrogens is 1. The van der Waals surface area contributed by atoms with Gasteiger partial charge in [-0.05, 0) is 36.4 Å². The van der Waals surface area contributed by atoms with Crippen LogP contribution in [0.25, 0.3) is 21.5 Å². The molecule has 4 aromatic rings. The number of aromatic nitrogens is 3. The number of hydrogen-bond acceptors (Lipinski definition) is 5. The van der Waals surface area contributed by atoms with E-state index in [1.807, 2.05) is 29.6 Å². The predicted molar refractivity (Wildman–Crippen MR) is 110 cm³/mol. The van der Waals surface area contributed by atoms with Gasteiger partial charge in [0.15, 0.2) is 0 Å². The van der Waals surface area contributed by atoms with Crippen molar-refractivity contribution in [2.75, 3.05) is 5.32 Å². The number of carbonyl (C=O) groups excluding carboxylic acids is 1. The maximum atomic E-state index is 12.3. The van der Waals surface area contributed by atoms with Crippen molar-refractivity contribution < 1.29 is 4.79 Å². The molecule has 8 heteroatoms. The molecule has 0 aliphatic rings. The Labute approximate surface area is 163 Å². The van der Waals surface area contributed by atoms with E-state index in [0.717, 1.165) is 10.6 Å². The molecule has 0 atom stereocenters. The summed E-state index contributed by atoms with van der Waals surface area (Å²) in [5, 5.41) is 6.07. The number of carbonyl (C=O) groups is 1. The molecule has 2 N–H and O–H groups in total. The molecule has 0 spiro atoms. The van der Waals surface area contributed by atoms with E-state index in [4.69, 9.17) is 0 Å². The van der Waals surface area contributed by atoms with Crippen LogP contribution in [0.15, 0.2) is 69.7 Å². The topological polar surface area (TPSA) is 96.9 Å². The first-order valence-electron chi connectivity index (χ1n) is 8.63. The first kappa shape index (κ1) is 17.9. The average Bonchev–Trinajstić information content (AvgIpc) is 3.23. The summed E-state index contributed by atoms with van der Waals surface area (Å²) in [7, 11) is 0. The molecular formula is C20H16N4O3S. The summed E-state index contributed by atoms with van der Waals surface area (Å²) in [6.07, 6.45) is 1.85. The van der Waals surface area contributed by atoms with Gasteiger partial charge in [-0.25, -0.2) is 9.78 Å². The van der Waals surface area contributed by atoms with Crippen LogP contribution in [-0.2, 0) is 11.3 Å². The summed E-state index contributed by atoms with van der Waals surface area (Å²) in [5.41, 5.74) is 1.21. The molecule has 2 heterocycles. The van der Waals surface area contributed by atoms with Gasteiger partial charge in [-0.2, -0.15) is 0 Å². The number of nitrogens with one attached hydrogen (secondary N) is 2. The number of para-hydroxylation sites is 1. The summed E-state index contributed by atoms with van der Waals surface area (Å²) >= 11 is 1.55. The minimum absolute atomic E-state index is 0.101. The number of thiazole rings is 1. The van der Waals surface area contributed by atoms with Gasteiger partial charge in [-0.3, -0.25) is 19.1 Å². The van der Waals surface area contributed by atoms with Crippen LogP contribution in [-0.4, -0.2) is 20.4 Å². The second-order valence-electron chi connectivity index (χ2n) is 6.14. The van der Waals surface area contributed by atoms with Crippen molar-refractivity contribution in [1.29, 1.82) is 0 Å². The van der Waals surface area contributed by atoms with E-state index in [2.05, 4.69) is 15.3 Å². The Morgan fingerprint density at radius 2 is 1.89 bits per heavy atom. The van der Waals surface area contributed by atoms with Crippen LogP contribution in [0.2, 0.25) is 0 Å². The van der Waals surface area contributed by atoms with Crippen molar-refractivity contribution in [2.45, 2.75) is 13.0 Å². The maximum absolute atomic E-state index is 12.3. The molecule has 0 fully saturated rings. The molecule has 0 unspecified atom stereocenters. The second-order valence-corrected chi connectivity index (χ2v) is 7.04. The molecule has 0 aliphatic carbocycles. The van der Waals surface area contributed by atoms with Crippen molar-refractivity contribution in [1.82, 2.24) is 14.5 Å². The SMILES string of the molecule is O=C(CCn1c(=O)[nH]c(=O)c2ccccc21)Nc1ccc(-c2nccs2)cc1. The van der Waals surface area contributed by atoms with Gasteiger partial charge in [-0.15, -0.1) is 11.3 Å². The lowest BCUT2D eigenvalue weighted by atomic mass is 10.2. The molecule has 2 aromatic heterocycles. The highest BCUT2D eigenvalue weighted by Gasteiger charge is 2.09. The lowest BCUT2D eigenvalue weighted by Gasteiger charge is -2.10. The van der Waals surface area contributed by atoms with Crippen molar-refractivity contribution in [3.05, 3.63) is 80.9 Å². The lowest BCUT2D eigenvalue weighted by Crippen LogP contribution is -2.31. The predicted octanol–water partition coefficient (Wildman–Crippen LogP) is 2.84. The number of anilines is 1. The average molecular weight is 392 g/mol. The molecule has 0 aliphatic heterocycles. The highest BCUT2D eigenvalue weighted by Crippen LogP contribution is 2.23. The van der Waals surface area contributed by atoms with Gasteiger partial charge in [0.2, 0.25) is 5.91 Å². The van der Waals surface area contributed by atoms with E-state index < -0.39 is 11.2 Å². The Morgan fingerprint density at radius 3 is 2.64 bits per heavy atom. The number of rotatable bonds is 5. The fraction of sp³-hybridized carbons (Fsp3) is 0.100. The van der Waals surface area contributed by atoms with Crippen LogP contribution < -0.4 is 16.6 Å². The minimum atomic E-state index is -0.524. The van der Waals surface area contributed by atoms with E-state index in [-0.39, 0.29) is 18.9 Å². The smallest absolute Gasteiger partial charge is 0.326 e. The van der Waals surface area contributed by atoms with Gasteiger partial charge >= 0.3 is 5.69 Å². The van der Waals surface area contributed by atoms with Crippen molar-refractivity contribution in [2.24, 2.45) is 0 Å². The number of aromatic amines is 1. The van der Waals surface area contributed by atoms with E-state index in [9.17, 15) is 14.4 Å². The molecule has 4 rings (SSSR count). The summed E-state index contributed by atoms with van der Waals surface area (Å²) in [5.74, 6) is -0.218. The molecule has 0 radical (unpaired) electrons. The van der Waals surface area contributed by atoms with Crippen molar-refractivity contribution >= 4 is 33.8 Å². The van der Waals surface area contributed by atoms with Gasteiger partial charge in [0, 0.05) is 35.8 Å². The standard InChI is InChI=1S/C20H16N4O3S/c25-17(22-14-7-5-13(6-8-14)19-21-10-12-28-19)9-11-24-16-4-2-1-3-15(16)18(26)23-20(24)27/h1-8,10,12H,9,11H2,(H,22,25)(H,23,26,27). The number of aryl methyl sites for hydroxylation is 1. The molecule has 0 bridgehead atoms. The highest BCUT2D eigenvalue weighted by molar-refractivity contribution is 7.13. The van der Waals surface area contributed by atoms with Crippen molar-refractivity contribution in [3.63, 3.8) is 0 Å². The van der Waals surface area contributed by atoms with Gasteiger partial charge < -0.3 is 5.32 Å². The second kappa shape index (κ2) is 7.61. The maximum Gasteiger partial charge on any atom is 0.328 e. The van der Waals surface area contributed by atoms with Crippen LogP contribution in [0, 0.1) is 0 Å². The third-order valence-electron chi connectivity index (χ3n) is 4.32.